The molecule has 2 aromatic carbocycles. The summed E-state index contributed by atoms with van der Waals surface area (Å²) in [6.45, 7) is 2.01. The standard InChI is InChI=1S/C15H13NOS/c1-11-7-9-13(10-8-11)16-15(18)14(17)12-5-3-2-4-6-12/h2-10H,1H3,(H,16,18). The van der Waals surface area contributed by atoms with Gasteiger partial charge in [-0.3, -0.25) is 4.79 Å². The summed E-state index contributed by atoms with van der Waals surface area (Å²) in [6, 6.07) is 16.8. The Morgan fingerprint density at radius 2 is 1.61 bits per heavy atom. The molecule has 0 amide bonds. The molecular weight excluding hydrogens is 242 g/mol. The first-order valence-electron chi connectivity index (χ1n) is 5.64. The van der Waals surface area contributed by atoms with E-state index in [1.54, 1.807) is 12.1 Å². The maximum Gasteiger partial charge on any atom is 0.220 e. The highest BCUT2D eigenvalue weighted by molar-refractivity contribution is 7.82. The smallest absolute Gasteiger partial charge is 0.220 e. The fraction of sp³-hybridized carbons (Fsp3) is 0.0667. The van der Waals surface area contributed by atoms with Crippen LogP contribution >= 0.6 is 12.2 Å². The van der Waals surface area contributed by atoms with Gasteiger partial charge < -0.3 is 5.32 Å². The van der Waals surface area contributed by atoms with Crippen LogP contribution in [0.4, 0.5) is 5.69 Å². The monoisotopic (exact) mass is 255 g/mol. The third kappa shape index (κ3) is 3.02. The minimum absolute atomic E-state index is 0.161. The predicted molar refractivity (Wildman–Crippen MR) is 78.2 cm³/mol. The number of ketones is 1. The average molecular weight is 255 g/mol. The van der Waals surface area contributed by atoms with Crippen molar-refractivity contribution >= 4 is 28.7 Å². The predicted octanol–water partition coefficient (Wildman–Crippen LogP) is 3.62. The third-order valence-electron chi connectivity index (χ3n) is 2.55. The van der Waals surface area contributed by atoms with E-state index in [4.69, 9.17) is 12.2 Å². The second-order valence-electron chi connectivity index (χ2n) is 4.02. The van der Waals surface area contributed by atoms with Crippen molar-refractivity contribution in [3.05, 3.63) is 65.7 Å². The molecule has 18 heavy (non-hydrogen) atoms. The molecule has 0 spiro atoms. The van der Waals surface area contributed by atoms with Gasteiger partial charge in [-0.15, -0.1) is 0 Å². The second-order valence-corrected chi connectivity index (χ2v) is 4.42. The Morgan fingerprint density at radius 1 is 1.00 bits per heavy atom. The lowest BCUT2D eigenvalue weighted by Gasteiger charge is -2.07. The van der Waals surface area contributed by atoms with E-state index in [0.29, 0.717) is 5.56 Å². The van der Waals surface area contributed by atoms with Gasteiger partial charge >= 0.3 is 0 Å². The molecule has 0 aliphatic rings. The molecule has 2 nitrogen and oxygen atoms in total. The fourth-order valence-electron chi connectivity index (χ4n) is 1.55. The van der Waals surface area contributed by atoms with Gasteiger partial charge in [-0.25, -0.2) is 0 Å². The van der Waals surface area contributed by atoms with Crippen LogP contribution in [0, 0.1) is 6.92 Å². The van der Waals surface area contributed by atoms with Crippen molar-refractivity contribution in [1.29, 1.82) is 0 Å². The van der Waals surface area contributed by atoms with Gasteiger partial charge in [-0.05, 0) is 19.1 Å². The number of carbonyl (C=O) groups is 1. The third-order valence-corrected chi connectivity index (χ3v) is 2.84. The van der Waals surface area contributed by atoms with Crippen LogP contribution in [-0.2, 0) is 0 Å². The molecule has 0 atom stereocenters. The largest absolute Gasteiger partial charge is 0.343 e. The summed E-state index contributed by atoms with van der Waals surface area (Å²) < 4.78 is 0. The molecule has 1 N–H and O–H groups in total. The molecule has 0 heterocycles. The molecular formula is C15H13NOS. The van der Waals surface area contributed by atoms with Gasteiger partial charge in [0.05, 0.1) is 0 Å². The van der Waals surface area contributed by atoms with Crippen LogP contribution in [0.5, 0.6) is 0 Å². The molecule has 0 fully saturated rings. The van der Waals surface area contributed by atoms with E-state index in [1.165, 1.54) is 5.56 Å². The van der Waals surface area contributed by atoms with Gasteiger partial charge in [0.25, 0.3) is 0 Å². The number of hydrogen-bond donors (Lipinski definition) is 1. The molecule has 2 rings (SSSR count). The van der Waals surface area contributed by atoms with Crippen LogP contribution in [0.3, 0.4) is 0 Å². The summed E-state index contributed by atoms with van der Waals surface area (Å²) in [4.78, 5) is 12.2. The Morgan fingerprint density at radius 3 is 2.22 bits per heavy atom. The van der Waals surface area contributed by atoms with Crippen LogP contribution in [0.2, 0.25) is 0 Å². The summed E-state index contributed by atoms with van der Waals surface area (Å²) in [5.41, 5.74) is 2.60. The van der Waals surface area contributed by atoms with E-state index in [0.717, 1.165) is 5.69 Å². The second kappa shape index (κ2) is 5.56. The first-order valence-corrected chi connectivity index (χ1v) is 6.05. The lowest BCUT2D eigenvalue weighted by Crippen LogP contribution is -2.20. The number of carbonyl (C=O) groups excluding carboxylic acids is 1. The van der Waals surface area contributed by atoms with E-state index in [-0.39, 0.29) is 10.8 Å². The highest BCUT2D eigenvalue weighted by Gasteiger charge is 2.11. The Hall–Kier alpha value is -2.00. The zero-order valence-electron chi connectivity index (χ0n) is 10.0. The summed E-state index contributed by atoms with van der Waals surface area (Å²) in [6.07, 6.45) is 0. The van der Waals surface area contributed by atoms with E-state index in [9.17, 15) is 4.79 Å². The average Bonchev–Trinajstić information content (AvgIpc) is 2.41. The van der Waals surface area contributed by atoms with E-state index in [2.05, 4.69) is 5.32 Å². The van der Waals surface area contributed by atoms with E-state index >= 15 is 0 Å². The SMILES string of the molecule is Cc1ccc(NC(=S)C(=O)c2ccccc2)cc1. The Balaban J connectivity index is 2.09. The summed E-state index contributed by atoms with van der Waals surface area (Å²) in [5, 5.41) is 2.95. The molecule has 0 unspecified atom stereocenters. The number of hydrogen-bond acceptors (Lipinski definition) is 2. The minimum Gasteiger partial charge on any atom is -0.343 e. The van der Waals surface area contributed by atoms with Crippen molar-refractivity contribution in [1.82, 2.24) is 0 Å². The summed E-state index contributed by atoms with van der Waals surface area (Å²) in [7, 11) is 0. The molecule has 0 radical (unpaired) electrons. The Kier molecular flexibility index (Phi) is 3.85. The topological polar surface area (TPSA) is 29.1 Å². The van der Waals surface area contributed by atoms with E-state index < -0.39 is 0 Å². The molecule has 0 aliphatic heterocycles. The first kappa shape index (κ1) is 12.5. The quantitative estimate of drug-likeness (QED) is 0.671. The van der Waals surface area contributed by atoms with Gasteiger partial charge in [-0.2, -0.15) is 0 Å². The minimum atomic E-state index is -0.161. The molecule has 90 valence electrons. The van der Waals surface area contributed by atoms with Crippen molar-refractivity contribution in [3.63, 3.8) is 0 Å². The van der Waals surface area contributed by atoms with E-state index in [1.807, 2.05) is 49.4 Å². The lowest BCUT2D eigenvalue weighted by molar-refractivity contribution is 0.106. The fourth-order valence-corrected chi connectivity index (χ4v) is 1.78. The van der Waals surface area contributed by atoms with Crippen molar-refractivity contribution in [2.24, 2.45) is 0 Å². The molecule has 0 bridgehead atoms. The molecule has 2 aromatic rings. The van der Waals surface area contributed by atoms with Crippen molar-refractivity contribution in [3.8, 4) is 0 Å². The first-order chi connectivity index (χ1) is 8.66. The number of Topliss-reactive ketones (excluding diaryl/α,β-unsaturated/α-hetero) is 1. The number of anilines is 1. The maximum atomic E-state index is 12.0. The van der Waals surface area contributed by atoms with Gasteiger partial charge in [-0.1, -0.05) is 60.2 Å². The Bertz CT molecular complexity index is 561. The number of benzene rings is 2. The molecule has 3 heteroatoms. The number of rotatable bonds is 3. The van der Waals surface area contributed by atoms with Crippen molar-refractivity contribution in [2.45, 2.75) is 6.92 Å². The number of aryl methyl sites for hydroxylation is 1. The molecule has 0 aromatic heterocycles. The highest BCUT2D eigenvalue weighted by Crippen LogP contribution is 2.10. The van der Waals surface area contributed by atoms with Gasteiger partial charge in [0, 0.05) is 11.3 Å². The van der Waals surface area contributed by atoms with Crippen LogP contribution in [0.25, 0.3) is 0 Å². The normalized spacial score (nSPS) is 9.83. The molecule has 0 aliphatic carbocycles. The van der Waals surface area contributed by atoms with Crippen LogP contribution in [-0.4, -0.2) is 10.8 Å². The van der Waals surface area contributed by atoms with Crippen molar-refractivity contribution < 1.29 is 4.79 Å². The number of nitrogens with one attached hydrogen (secondary N) is 1. The Labute approximate surface area is 112 Å². The molecule has 0 saturated heterocycles. The van der Waals surface area contributed by atoms with Crippen LogP contribution in [0.15, 0.2) is 54.6 Å². The lowest BCUT2D eigenvalue weighted by atomic mass is 10.1. The number of thiocarbonyl (C=S) groups is 1. The van der Waals surface area contributed by atoms with Gasteiger partial charge in [0.1, 0.15) is 0 Å². The zero-order chi connectivity index (χ0) is 13.0. The van der Waals surface area contributed by atoms with Crippen LogP contribution in [0.1, 0.15) is 15.9 Å². The highest BCUT2D eigenvalue weighted by atomic mass is 32.1. The zero-order valence-corrected chi connectivity index (χ0v) is 10.8. The maximum absolute atomic E-state index is 12.0. The summed E-state index contributed by atoms with van der Waals surface area (Å²) in [5.74, 6) is -0.161. The molecule has 0 saturated carbocycles. The van der Waals surface area contributed by atoms with Gasteiger partial charge in [0.2, 0.25) is 5.78 Å². The van der Waals surface area contributed by atoms with Gasteiger partial charge in [0.15, 0.2) is 4.99 Å². The van der Waals surface area contributed by atoms with Crippen molar-refractivity contribution in [2.75, 3.05) is 5.32 Å². The van der Waals surface area contributed by atoms with Crippen LogP contribution < -0.4 is 5.32 Å². The summed E-state index contributed by atoms with van der Waals surface area (Å²) >= 11 is 5.11.